The molecule has 0 spiro atoms. The van der Waals surface area contributed by atoms with Crippen LogP contribution in [0, 0.1) is 13.8 Å². The monoisotopic (exact) mass is 423 g/mol. The number of hydrogen-bond donors (Lipinski definition) is 2. The summed E-state index contributed by atoms with van der Waals surface area (Å²) in [7, 11) is 1.64. The zero-order chi connectivity index (χ0) is 21.3. The lowest BCUT2D eigenvalue weighted by atomic mass is 10.0. The van der Waals surface area contributed by atoms with Crippen LogP contribution in [0.1, 0.15) is 40.1 Å². The van der Waals surface area contributed by atoms with Gasteiger partial charge in [-0.3, -0.25) is 9.89 Å². The van der Waals surface area contributed by atoms with Crippen LogP contribution < -0.4 is 14.8 Å². The highest BCUT2D eigenvalue weighted by atomic mass is 32.2. The van der Waals surface area contributed by atoms with E-state index in [1.165, 1.54) is 5.56 Å². The van der Waals surface area contributed by atoms with E-state index in [1.807, 2.05) is 44.2 Å². The zero-order valence-corrected chi connectivity index (χ0v) is 18.3. The van der Waals surface area contributed by atoms with Gasteiger partial charge in [-0.05, 0) is 44.0 Å². The first-order chi connectivity index (χ1) is 14.5. The fourth-order valence-corrected chi connectivity index (χ4v) is 4.90. The molecule has 6 nitrogen and oxygen atoms in total. The molecule has 1 amide bonds. The molecule has 0 radical (unpaired) electrons. The zero-order valence-electron chi connectivity index (χ0n) is 17.5. The van der Waals surface area contributed by atoms with Crippen molar-refractivity contribution in [3.8, 4) is 11.5 Å². The van der Waals surface area contributed by atoms with E-state index < -0.39 is 0 Å². The number of benzene rings is 2. The van der Waals surface area contributed by atoms with Crippen LogP contribution in [-0.2, 0) is 11.4 Å². The second-order valence-corrected chi connectivity index (χ2v) is 8.90. The van der Waals surface area contributed by atoms with Crippen LogP contribution in [0.5, 0.6) is 11.5 Å². The van der Waals surface area contributed by atoms with Gasteiger partial charge in [0.25, 0.3) is 0 Å². The third-order valence-corrected chi connectivity index (χ3v) is 6.58. The smallest absolute Gasteiger partial charge is 0.238 e. The van der Waals surface area contributed by atoms with E-state index >= 15 is 0 Å². The number of amides is 1. The summed E-state index contributed by atoms with van der Waals surface area (Å²) in [6.07, 6.45) is 0. The van der Waals surface area contributed by atoms with E-state index in [0.717, 1.165) is 22.4 Å². The predicted molar refractivity (Wildman–Crippen MR) is 119 cm³/mol. The standard InChI is InChI=1S/C23H25N3O3S/c1-13-6-5-7-16(10-13)12-29-18-9-8-17(11-19(18)28-4)21-20-14(2)25-26-22(20)24-23(27)15(3)30-21/h5-11,15,21H,12H2,1-4H3,(H2,24,25,26,27)/t15-,21-/m0/s1. The predicted octanol–water partition coefficient (Wildman–Crippen LogP) is 4.78. The van der Waals surface area contributed by atoms with Gasteiger partial charge in [0.1, 0.15) is 6.61 Å². The van der Waals surface area contributed by atoms with Gasteiger partial charge in [-0.1, -0.05) is 35.9 Å². The molecule has 2 atom stereocenters. The second kappa shape index (κ2) is 8.44. The molecule has 4 rings (SSSR count). The Balaban J connectivity index is 1.63. The van der Waals surface area contributed by atoms with Crippen LogP contribution in [-0.4, -0.2) is 28.5 Å². The summed E-state index contributed by atoms with van der Waals surface area (Å²) in [6.45, 7) is 6.42. The van der Waals surface area contributed by atoms with Crippen LogP contribution in [0.4, 0.5) is 5.82 Å². The number of aromatic nitrogens is 2. The van der Waals surface area contributed by atoms with E-state index in [-0.39, 0.29) is 16.4 Å². The van der Waals surface area contributed by atoms with Crippen molar-refractivity contribution in [1.29, 1.82) is 0 Å². The van der Waals surface area contributed by atoms with E-state index in [2.05, 4.69) is 34.6 Å². The van der Waals surface area contributed by atoms with Crippen molar-refractivity contribution in [3.63, 3.8) is 0 Å². The summed E-state index contributed by atoms with van der Waals surface area (Å²) < 4.78 is 11.7. The maximum absolute atomic E-state index is 12.4. The van der Waals surface area contributed by atoms with E-state index in [0.29, 0.717) is 23.9 Å². The minimum Gasteiger partial charge on any atom is -0.493 e. The van der Waals surface area contributed by atoms with Gasteiger partial charge in [0.15, 0.2) is 17.3 Å². The lowest BCUT2D eigenvalue weighted by Gasteiger charge is -2.19. The first kappa shape index (κ1) is 20.3. The molecule has 30 heavy (non-hydrogen) atoms. The van der Waals surface area contributed by atoms with Gasteiger partial charge >= 0.3 is 0 Å². The molecule has 2 heterocycles. The van der Waals surface area contributed by atoms with Crippen LogP contribution in [0.3, 0.4) is 0 Å². The molecule has 0 unspecified atom stereocenters. The topological polar surface area (TPSA) is 76.2 Å². The largest absolute Gasteiger partial charge is 0.493 e. The Morgan fingerprint density at radius 1 is 1.13 bits per heavy atom. The molecular formula is C23H25N3O3S. The number of fused-ring (bicyclic) bond motifs is 1. The molecule has 0 aliphatic carbocycles. The minimum atomic E-state index is -0.202. The fraction of sp³-hybridized carbons (Fsp3) is 0.304. The average molecular weight is 424 g/mol. The summed E-state index contributed by atoms with van der Waals surface area (Å²) in [6, 6.07) is 14.2. The van der Waals surface area contributed by atoms with E-state index in [1.54, 1.807) is 18.9 Å². The molecule has 0 saturated carbocycles. The normalized spacial score (nSPS) is 18.3. The number of nitrogens with zero attached hydrogens (tertiary/aromatic N) is 1. The van der Waals surface area contributed by atoms with Crippen molar-refractivity contribution in [2.75, 3.05) is 12.4 Å². The van der Waals surface area contributed by atoms with Crippen LogP contribution in [0.15, 0.2) is 42.5 Å². The Bertz CT molecular complexity index is 1080. The highest BCUT2D eigenvalue weighted by Crippen LogP contribution is 2.46. The lowest BCUT2D eigenvalue weighted by molar-refractivity contribution is -0.115. The number of rotatable bonds is 5. The SMILES string of the molecule is COc1cc([C@@H]2S[C@@H](C)C(=O)Nc3n[nH]c(C)c32)ccc1OCc1cccc(C)c1. The number of carbonyl (C=O) groups is 1. The molecule has 7 heteroatoms. The quantitative estimate of drug-likeness (QED) is 0.618. The molecule has 3 aromatic rings. The van der Waals surface area contributed by atoms with Crippen molar-refractivity contribution in [1.82, 2.24) is 10.2 Å². The Morgan fingerprint density at radius 2 is 1.97 bits per heavy atom. The van der Waals surface area contributed by atoms with Crippen molar-refractivity contribution in [2.45, 2.75) is 37.9 Å². The van der Waals surface area contributed by atoms with Gasteiger partial charge < -0.3 is 14.8 Å². The molecule has 1 aromatic heterocycles. The Kier molecular flexibility index (Phi) is 5.72. The number of ether oxygens (including phenoxy) is 2. The van der Waals surface area contributed by atoms with Crippen molar-refractivity contribution in [2.24, 2.45) is 0 Å². The molecule has 2 N–H and O–H groups in total. The van der Waals surface area contributed by atoms with Crippen LogP contribution >= 0.6 is 11.8 Å². The minimum absolute atomic E-state index is 0.0414. The summed E-state index contributed by atoms with van der Waals surface area (Å²) in [5, 5.41) is 9.94. The Labute approximate surface area is 180 Å². The number of aromatic amines is 1. The molecule has 0 saturated heterocycles. The van der Waals surface area contributed by atoms with Gasteiger partial charge in [0, 0.05) is 11.3 Å². The third kappa shape index (κ3) is 4.03. The Hall–Kier alpha value is -2.93. The number of carbonyl (C=O) groups excluding carboxylic acids is 1. The molecule has 1 aliphatic heterocycles. The molecule has 1 aliphatic rings. The van der Waals surface area contributed by atoms with Gasteiger partial charge in [-0.15, -0.1) is 11.8 Å². The van der Waals surface area contributed by atoms with Crippen molar-refractivity contribution in [3.05, 3.63) is 70.4 Å². The number of aryl methyl sites for hydroxylation is 2. The number of anilines is 1. The van der Waals surface area contributed by atoms with Crippen LogP contribution in [0.25, 0.3) is 0 Å². The molecule has 0 bridgehead atoms. The van der Waals surface area contributed by atoms with Gasteiger partial charge in [0.05, 0.1) is 17.6 Å². The summed E-state index contributed by atoms with van der Waals surface area (Å²) in [5.41, 5.74) is 5.28. The van der Waals surface area contributed by atoms with Gasteiger partial charge in [0.2, 0.25) is 5.91 Å². The van der Waals surface area contributed by atoms with Crippen molar-refractivity contribution >= 4 is 23.5 Å². The third-order valence-electron chi connectivity index (χ3n) is 5.18. The summed E-state index contributed by atoms with van der Waals surface area (Å²) >= 11 is 1.60. The first-order valence-electron chi connectivity index (χ1n) is 9.83. The first-order valence-corrected chi connectivity index (χ1v) is 10.8. The summed E-state index contributed by atoms with van der Waals surface area (Å²) in [5.74, 6) is 1.91. The maximum atomic E-state index is 12.4. The molecule has 2 aromatic carbocycles. The van der Waals surface area contributed by atoms with E-state index in [4.69, 9.17) is 9.47 Å². The van der Waals surface area contributed by atoms with Gasteiger partial charge in [-0.2, -0.15) is 5.10 Å². The van der Waals surface area contributed by atoms with Gasteiger partial charge in [-0.25, -0.2) is 0 Å². The molecule has 0 fully saturated rings. The number of nitrogens with one attached hydrogen (secondary N) is 2. The molecular weight excluding hydrogens is 398 g/mol. The number of methoxy groups -OCH3 is 1. The van der Waals surface area contributed by atoms with Crippen LogP contribution in [0.2, 0.25) is 0 Å². The average Bonchev–Trinajstić information content (AvgIpc) is 3.03. The van der Waals surface area contributed by atoms with Crippen molar-refractivity contribution < 1.29 is 14.3 Å². The lowest BCUT2D eigenvalue weighted by Crippen LogP contribution is -2.21. The second-order valence-electron chi connectivity index (χ2n) is 7.45. The van der Waals surface area contributed by atoms with E-state index in [9.17, 15) is 4.79 Å². The number of H-pyrrole nitrogens is 1. The number of hydrogen-bond acceptors (Lipinski definition) is 5. The Morgan fingerprint density at radius 3 is 2.73 bits per heavy atom. The highest BCUT2D eigenvalue weighted by molar-refractivity contribution is 8.01. The highest BCUT2D eigenvalue weighted by Gasteiger charge is 2.32. The fourth-order valence-electron chi connectivity index (χ4n) is 3.58. The molecule has 156 valence electrons. The maximum Gasteiger partial charge on any atom is 0.238 e. The number of thioether (sulfide) groups is 1. The summed E-state index contributed by atoms with van der Waals surface area (Å²) in [4.78, 5) is 12.4.